The maximum Gasteiger partial charge on any atom is 0.345 e. The van der Waals surface area contributed by atoms with Gasteiger partial charge >= 0.3 is 5.97 Å². The van der Waals surface area contributed by atoms with Crippen molar-refractivity contribution < 1.29 is 31.5 Å². The summed E-state index contributed by atoms with van der Waals surface area (Å²) in [5.74, 6) is -0.786. The summed E-state index contributed by atoms with van der Waals surface area (Å²) in [5.41, 5.74) is 0. The topological polar surface area (TPSA) is 115 Å². The van der Waals surface area contributed by atoms with E-state index in [4.69, 9.17) is 9.84 Å². The largest absolute Gasteiger partial charge is 0.485 e. The van der Waals surface area contributed by atoms with Crippen molar-refractivity contribution in [1.82, 2.24) is 0 Å². The zero-order valence-electron chi connectivity index (χ0n) is 16.2. The van der Waals surface area contributed by atoms with Crippen LogP contribution in [-0.2, 0) is 19.7 Å². The summed E-state index contributed by atoms with van der Waals surface area (Å²) in [6.45, 7) is 3.93. The van der Waals surface area contributed by atoms with Crippen molar-refractivity contribution in [3.05, 3.63) is 38.5 Å². The van der Waals surface area contributed by atoms with E-state index in [1.165, 1.54) is 18.2 Å². The summed E-state index contributed by atoms with van der Waals surface area (Å²) in [7, 11) is -7.47. The molecule has 0 saturated carbocycles. The standard InChI is InChI=1S/C18H21BrO7S3/c1-10(2)7-12(13-5-6-14(27-13)18(20)21)26-11-8-15(28(3,22)23)17(19)16(9-11)29(4,24)25/h5-6,8-10,12H,7H2,1-4H3,(H,20,21). The number of hydrogen-bond donors (Lipinski definition) is 1. The summed E-state index contributed by atoms with van der Waals surface area (Å²) in [5, 5.41) is 9.16. The highest BCUT2D eigenvalue weighted by molar-refractivity contribution is 9.10. The molecule has 1 unspecified atom stereocenters. The van der Waals surface area contributed by atoms with Crippen molar-refractivity contribution in [2.24, 2.45) is 5.92 Å². The first-order valence-corrected chi connectivity index (χ1v) is 13.8. The van der Waals surface area contributed by atoms with Crippen LogP contribution in [0.1, 0.15) is 40.9 Å². The van der Waals surface area contributed by atoms with Gasteiger partial charge in [0.1, 0.15) is 16.7 Å². The number of hydrogen-bond acceptors (Lipinski definition) is 7. The molecule has 1 aromatic heterocycles. The molecule has 0 bridgehead atoms. The Hall–Kier alpha value is -1.43. The maximum absolute atomic E-state index is 12.2. The Morgan fingerprint density at radius 1 is 1.10 bits per heavy atom. The molecule has 160 valence electrons. The Morgan fingerprint density at radius 2 is 1.62 bits per heavy atom. The lowest BCUT2D eigenvalue weighted by Crippen LogP contribution is -2.11. The molecule has 1 aromatic carbocycles. The van der Waals surface area contributed by atoms with Gasteiger partial charge in [0.15, 0.2) is 19.7 Å². The van der Waals surface area contributed by atoms with Gasteiger partial charge in [-0.05, 0) is 40.4 Å². The summed E-state index contributed by atoms with van der Waals surface area (Å²) >= 11 is 4.14. The Kier molecular flexibility index (Phi) is 7.19. The van der Waals surface area contributed by atoms with E-state index in [2.05, 4.69) is 15.9 Å². The first-order chi connectivity index (χ1) is 13.2. The minimum atomic E-state index is -3.74. The van der Waals surface area contributed by atoms with E-state index in [0.717, 1.165) is 23.8 Å². The SMILES string of the molecule is CC(C)CC(Oc1cc(S(C)(=O)=O)c(Br)c(S(C)(=O)=O)c1)c1ccc(C(=O)O)s1. The van der Waals surface area contributed by atoms with Gasteiger partial charge in [0.25, 0.3) is 0 Å². The molecule has 11 heteroatoms. The van der Waals surface area contributed by atoms with Gasteiger partial charge in [-0.25, -0.2) is 21.6 Å². The number of carboxylic acids is 1. The lowest BCUT2D eigenvalue weighted by atomic mass is 10.0. The van der Waals surface area contributed by atoms with Gasteiger partial charge in [0.2, 0.25) is 0 Å². The molecule has 0 amide bonds. The second kappa shape index (κ2) is 8.75. The summed E-state index contributed by atoms with van der Waals surface area (Å²) in [6, 6.07) is 5.67. The molecule has 0 aliphatic rings. The van der Waals surface area contributed by atoms with E-state index in [1.807, 2.05) is 13.8 Å². The average molecular weight is 525 g/mol. The molecule has 7 nitrogen and oxygen atoms in total. The van der Waals surface area contributed by atoms with Crippen LogP contribution < -0.4 is 4.74 Å². The van der Waals surface area contributed by atoms with E-state index in [-0.39, 0.29) is 30.8 Å². The van der Waals surface area contributed by atoms with Gasteiger partial charge in [-0.3, -0.25) is 0 Å². The van der Waals surface area contributed by atoms with Crippen LogP contribution in [0.25, 0.3) is 0 Å². The molecule has 1 heterocycles. The fraction of sp³-hybridized carbons (Fsp3) is 0.389. The lowest BCUT2D eigenvalue weighted by Gasteiger charge is -2.21. The van der Waals surface area contributed by atoms with Gasteiger partial charge in [-0.15, -0.1) is 11.3 Å². The molecular weight excluding hydrogens is 504 g/mol. The number of benzene rings is 1. The van der Waals surface area contributed by atoms with Crippen LogP contribution in [0.5, 0.6) is 5.75 Å². The van der Waals surface area contributed by atoms with Crippen LogP contribution in [0.3, 0.4) is 0 Å². The molecule has 0 saturated heterocycles. The van der Waals surface area contributed by atoms with E-state index in [0.29, 0.717) is 11.3 Å². The highest BCUT2D eigenvalue weighted by atomic mass is 79.9. The average Bonchev–Trinajstić information content (AvgIpc) is 3.03. The highest BCUT2D eigenvalue weighted by Gasteiger charge is 2.25. The van der Waals surface area contributed by atoms with Crippen molar-refractivity contribution in [2.75, 3.05) is 12.5 Å². The molecule has 0 aliphatic heterocycles. The normalized spacial score (nSPS) is 13.4. The lowest BCUT2D eigenvalue weighted by molar-refractivity contribution is 0.0702. The first kappa shape index (κ1) is 23.8. The molecule has 1 N–H and O–H groups in total. The number of aromatic carboxylic acids is 1. The van der Waals surface area contributed by atoms with Crippen LogP contribution in [0.2, 0.25) is 0 Å². The second-order valence-electron chi connectivity index (χ2n) is 7.02. The predicted molar refractivity (Wildman–Crippen MR) is 114 cm³/mol. The number of sulfone groups is 2. The van der Waals surface area contributed by atoms with Gasteiger partial charge < -0.3 is 9.84 Å². The van der Waals surface area contributed by atoms with Crippen LogP contribution in [0, 0.1) is 5.92 Å². The summed E-state index contributed by atoms with van der Waals surface area (Å²) in [4.78, 5) is 11.6. The first-order valence-electron chi connectivity index (χ1n) is 8.43. The Bertz CT molecular complexity index is 1080. The monoisotopic (exact) mass is 524 g/mol. The molecule has 0 spiro atoms. The Balaban J connectivity index is 2.59. The molecule has 0 radical (unpaired) electrons. The number of rotatable bonds is 8. The van der Waals surface area contributed by atoms with Gasteiger partial charge in [-0.1, -0.05) is 13.8 Å². The van der Waals surface area contributed by atoms with E-state index in [9.17, 15) is 21.6 Å². The van der Waals surface area contributed by atoms with Crippen molar-refractivity contribution in [1.29, 1.82) is 0 Å². The summed E-state index contributed by atoms with van der Waals surface area (Å²) < 4.78 is 54.6. The van der Waals surface area contributed by atoms with Crippen LogP contribution in [-0.4, -0.2) is 40.4 Å². The van der Waals surface area contributed by atoms with Crippen LogP contribution in [0.15, 0.2) is 38.5 Å². The molecule has 2 rings (SSSR count). The third kappa shape index (κ3) is 6.03. The van der Waals surface area contributed by atoms with Crippen molar-refractivity contribution in [2.45, 2.75) is 36.2 Å². The fourth-order valence-electron chi connectivity index (χ4n) is 2.61. The highest BCUT2D eigenvalue weighted by Crippen LogP contribution is 2.38. The zero-order valence-corrected chi connectivity index (χ0v) is 20.2. The van der Waals surface area contributed by atoms with E-state index in [1.54, 1.807) is 6.07 Å². The zero-order chi connectivity index (χ0) is 22.1. The van der Waals surface area contributed by atoms with Crippen LogP contribution >= 0.6 is 27.3 Å². The minimum Gasteiger partial charge on any atom is -0.485 e. The number of ether oxygens (including phenoxy) is 1. The Morgan fingerprint density at radius 3 is 2.00 bits per heavy atom. The number of carbonyl (C=O) groups is 1. The van der Waals surface area contributed by atoms with Crippen molar-refractivity contribution in [3.8, 4) is 5.75 Å². The number of thiophene rings is 1. The Labute approximate surface area is 182 Å². The van der Waals surface area contributed by atoms with Crippen LogP contribution in [0.4, 0.5) is 0 Å². The molecular formula is C18H21BrO7S3. The molecule has 29 heavy (non-hydrogen) atoms. The van der Waals surface area contributed by atoms with Gasteiger partial charge in [0.05, 0.1) is 14.3 Å². The number of halogens is 1. The smallest absolute Gasteiger partial charge is 0.345 e. The predicted octanol–water partition coefficient (Wildman–Crippen LogP) is 4.18. The van der Waals surface area contributed by atoms with Gasteiger partial charge in [0, 0.05) is 29.5 Å². The molecule has 0 aliphatic carbocycles. The van der Waals surface area contributed by atoms with Crippen molar-refractivity contribution >= 4 is 52.9 Å². The summed E-state index contributed by atoms with van der Waals surface area (Å²) in [6.07, 6.45) is 1.92. The van der Waals surface area contributed by atoms with Crippen molar-refractivity contribution in [3.63, 3.8) is 0 Å². The third-order valence-corrected chi connectivity index (χ3v) is 8.68. The molecule has 1 atom stereocenters. The van der Waals surface area contributed by atoms with E-state index >= 15 is 0 Å². The quantitative estimate of drug-likeness (QED) is 0.550. The number of carboxylic acid groups (broad SMARTS) is 1. The maximum atomic E-state index is 12.2. The molecule has 0 fully saturated rings. The van der Waals surface area contributed by atoms with E-state index < -0.39 is 31.7 Å². The fourth-order valence-corrected chi connectivity index (χ4v) is 7.09. The second-order valence-corrected chi connectivity index (χ2v) is 12.9. The minimum absolute atomic E-state index is 0.0421. The van der Waals surface area contributed by atoms with Gasteiger partial charge in [-0.2, -0.15) is 0 Å². The third-order valence-electron chi connectivity index (χ3n) is 3.90. The molecule has 2 aromatic rings.